The van der Waals surface area contributed by atoms with Gasteiger partial charge < -0.3 is 5.11 Å². The zero-order valence-electron chi connectivity index (χ0n) is 9.47. The summed E-state index contributed by atoms with van der Waals surface area (Å²) < 4.78 is 0. The van der Waals surface area contributed by atoms with Gasteiger partial charge in [-0.1, -0.05) is 47.6 Å². The van der Waals surface area contributed by atoms with E-state index in [-0.39, 0.29) is 0 Å². The molecule has 1 N–H and O–H groups in total. The number of hydrogen-bond acceptors (Lipinski definition) is 3. The number of aromatic hydroxyl groups is 1. The number of benzene rings is 2. The van der Waals surface area contributed by atoms with Crippen molar-refractivity contribution >= 4 is 12.0 Å². The molecule has 0 radical (unpaired) electrons. The Balaban J connectivity index is 0.000000199. The number of carbonyl (C=O) groups excluding carboxylic acids is 1. The molecule has 0 atom stereocenters. The molecule has 90 valence electrons. The zero-order valence-corrected chi connectivity index (χ0v) is 9.47. The molecule has 0 aromatic heterocycles. The summed E-state index contributed by atoms with van der Waals surface area (Å²) in [5.41, 5.74) is 8.86. The van der Waals surface area contributed by atoms with E-state index >= 15 is 0 Å². The van der Waals surface area contributed by atoms with Gasteiger partial charge in [0, 0.05) is 16.2 Å². The lowest BCUT2D eigenvalue weighted by Gasteiger charge is -1.92. The minimum atomic E-state index is 0.322. The third-order valence-electron chi connectivity index (χ3n) is 1.97. The molecule has 0 saturated heterocycles. The topological polar surface area (TPSA) is 86.1 Å². The predicted octanol–water partition coefficient (Wildman–Crippen LogP) is 3.83. The van der Waals surface area contributed by atoms with Gasteiger partial charge in [0.05, 0.1) is 0 Å². The summed E-state index contributed by atoms with van der Waals surface area (Å²) in [6.45, 7) is 0. The van der Waals surface area contributed by atoms with Crippen molar-refractivity contribution in [1.82, 2.24) is 0 Å². The second-order valence-corrected chi connectivity index (χ2v) is 3.20. The highest BCUT2D eigenvalue weighted by Gasteiger charge is 1.94. The van der Waals surface area contributed by atoms with Crippen LogP contribution in [0.3, 0.4) is 0 Å². The Kier molecular flexibility index (Phi) is 5.53. The van der Waals surface area contributed by atoms with E-state index in [1.165, 1.54) is 0 Å². The fraction of sp³-hybridized carbons (Fsp3) is 0. The number of para-hydroxylation sites is 1. The quantitative estimate of drug-likeness (QED) is 0.375. The summed E-state index contributed by atoms with van der Waals surface area (Å²) >= 11 is 0. The summed E-state index contributed by atoms with van der Waals surface area (Å²) in [6.07, 6.45) is 0.657. The van der Waals surface area contributed by atoms with E-state index in [2.05, 4.69) is 10.0 Å². The molecule has 0 fully saturated rings. The van der Waals surface area contributed by atoms with Crippen LogP contribution in [-0.4, -0.2) is 11.4 Å². The number of rotatable bonds is 2. The van der Waals surface area contributed by atoms with E-state index in [0.29, 0.717) is 23.3 Å². The molecule has 0 spiro atoms. The Labute approximate surface area is 104 Å². The maximum absolute atomic E-state index is 10.3. The number of carbonyl (C=O) groups is 1. The van der Waals surface area contributed by atoms with Crippen molar-refractivity contribution in [2.75, 3.05) is 0 Å². The lowest BCUT2D eigenvalue weighted by molar-refractivity contribution is 0.112. The Morgan fingerprint density at radius 3 is 2.17 bits per heavy atom. The number of hydrogen-bond donors (Lipinski definition) is 1. The molecule has 0 aliphatic rings. The number of aldehydes is 1. The summed E-state index contributed by atoms with van der Waals surface area (Å²) in [5.74, 6) is 0.322. The predicted molar refractivity (Wildman–Crippen MR) is 68.7 cm³/mol. The fourth-order valence-corrected chi connectivity index (χ4v) is 1.15. The standard InChI is InChI=1S/C7H5N3O.C6H6O/c8-10-9-7-4-2-1-3-6(7)5-11;7-6-4-2-1-3-5-6/h1-5H;1-5,7H. The van der Waals surface area contributed by atoms with Gasteiger partial charge in [-0.3, -0.25) is 4.79 Å². The molecule has 5 nitrogen and oxygen atoms in total. The van der Waals surface area contributed by atoms with Crippen LogP contribution in [0.25, 0.3) is 10.4 Å². The van der Waals surface area contributed by atoms with Gasteiger partial charge in [-0.25, -0.2) is 0 Å². The number of nitrogens with zero attached hydrogens (tertiary/aromatic N) is 3. The molecule has 0 heterocycles. The van der Waals surface area contributed by atoms with Crippen molar-refractivity contribution in [2.45, 2.75) is 0 Å². The maximum atomic E-state index is 10.3. The van der Waals surface area contributed by atoms with Crippen LogP contribution in [-0.2, 0) is 0 Å². The van der Waals surface area contributed by atoms with Crippen LogP contribution < -0.4 is 0 Å². The van der Waals surface area contributed by atoms with Crippen LogP contribution in [0, 0.1) is 0 Å². The van der Waals surface area contributed by atoms with Crippen molar-refractivity contribution in [2.24, 2.45) is 5.11 Å². The first-order chi connectivity index (χ1) is 8.77. The van der Waals surface area contributed by atoms with E-state index in [1.54, 1.807) is 48.5 Å². The molecule has 0 aliphatic heterocycles. The van der Waals surface area contributed by atoms with E-state index in [1.807, 2.05) is 6.07 Å². The first-order valence-corrected chi connectivity index (χ1v) is 5.11. The Bertz CT molecular complexity index is 549. The summed E-state index contributed by atoms with van der Waals surface area (Å²) in [7, 11) is 0. The second kappa shape index (κ2) is 7.49. The van der Waals surface area contributed by atoms with Gasteiger partial charge in [-0.15, -0.1) is 0 Å². The van der Waals surface area contributed by atoms with Crippen LogP contribution in [0.4, 0.5) is 5.69 Å². The second-order valence-electron chi connectivity index (χ2n) is 3.20. The molecule has 0 aliphatic carbocycles. The first kappa shape index (κ1) is 13.3. The smallest absolute Gasteiger partial charge is 0.150 e. The van der Waals surface area contributed by atoms with Gasteiger partial charge in [-0.05, 0) is 17.7 Å². The number of azide groups is 1. The highest BCUT2D eigenvalue weighted by molar-refractivity contribution is 5.82. The van der Waals surface area contributed by atoms with Crippen molar-refractivity contribution in [3.63, 3.8) is 0 Å². The lowest BCUT2D eigenvalue weighted by Crippen LogP contribution is -1.77. The molecule has 0 bridgehead atoms. The van der Waals surface area contributed by atoms with E-state index in [9.17, 15) is 4.79 Å². The fourth-order valence-electron chi connectivity index (χ4n) is 1.15. The van der Waals surface area contributed by atoms with E-state index in [0.717, 1.165) is 0 Å². The van der Waals surface area contributed by atoms with Gasteiger partial charge in [-0.2, -0.15) is 0 Å². The molecule has 5 heteroatoms. The van der Waals surface area contributed by atoms with Crippen LogP contribution in [0.5, 0.6) is 5.75 Å². The van der Waals surface area contributed by atoms with Crippen molar-refractivity contribution < 1.29 is 9.90 Å². The van der Waals surface area contributed by atoms with Crippen LogP contribution >= 0.6 is 0 Å². The van der Waals surface area contributed by atoms with Crippen molar-refractivity contribution in [3.05, 3.63) is 70.6 Å². The van der Waals surface area contributed by atoms with Crippen molar-refractivity contribution in [1.29, 1.82) is 0 Å². The van der Waals surface area contributed by atoms with Gasteiger partial charge in [0.25, 0.3) is 0 Å². The third kappa shape index (κ3) is 4.38. The van der Waals surface area contributed by atoms with Crippen LogP contribution in [0.15, 0.2) is 59.7 Å². The molecular formula is C13H11N3O2. The van der Waals surface area contributed by atoms with E-state index < -0.39 is 0 Å². The molecule has 2 rings (SSSR count). The summed E-state index contributed by atoms with van der Waals surface area (Å²) in [5, 5.41) is 12.0. The summed E-state index contributed by atoms with van der Waals surface area (Å²) in [6, 6.07) is 15.3. The normalized spacial score (nSPS) is 8.44. The van der Waals surface area contributed by atoms with Gasteiger partial charge in [0.2, 0.25) is 0 Å². The highest BCUT2D eigenvalue weighted by Crippen LogP contribution is 2.15. The maximum Gasteiger partial charge on any atom is 0.150 e. The largest absolute Gasteiger partial charge is 0.508 e. The SMILES string of the molecule is Oc1ccccc1.[N-]=[N+]=Nc1ccccc1C=O. The molecule has 2 aromatic carbocycles. The Morgan fingerprint density at radius 1 is 1.06 bits per heavy atom. The molecule has 0 saturated carbocycles. The van der Waals surface area contributed by atoms with Crippen LogP contribution in [0.2, 0.25) is 0 Å². The first-order valence-electron chi connectivity index (χ1n) is 5.11. The van der Waals surface area contributed by atoms with E-state index in [4.69, 9.17) is 10.6 Å². The Morgan fingerprint density at radius 2 is 1.67 bits per heavy atom. The minimum absolute atomic E-state index is 0.322. The molecule has 2 aromatic rings. The summed E-state index contributed by atoms with van der Waals surface area (Å²) in [4.78, 5) is 12.9. The lowest BCUT2D eigenvalue weighted by atomic mass is 10.2. The van der Waals surface area contributed by atoms with Gasteiger partial charge >= 0.3 is 0 Å². The molecule has 0 unspecified atom stereocenters. The molecular weight excluding hydrogens is 230 g/mol. The van der Waals surface area contributed by atoms with Crippen molar-refractivity contribution in [3.8, 4) is 5.75 Å². The average Bonchev–Trinajstić information content (AvgIpc) is 2.41. The minimum Gasteiger partial charge on any atom is -0.508 e. The average molecular weight is 241 g/mol. The third-order valence-corrected chi connectivity index (χ3v) is 1.97. The molecule has 0 amide bonds. The highest BCUT2D eigenvalue weighted by atomic mass is 16.3. The number of phenolic OH excluding ortho intramolecular Hbond substituents is 1. The van der Waals surface area contributed by atoms with Gasteiger partial charge in [0.15, 0.2) is 6.29 Å². The zero-order chi connectivity index (χ0) is 13.2. The Hall–Kier alpha value is -2.78. The van der Waals surface area contributed by atoms with Gasteiger partial charge in [0.1, 0.15) is 5.75 Å². The monoisotopic (exact) mass is 241 g/mol. The molecule has 18 heavy (non-hydrogen) atoms. The number of phenols is 1. The van der Waals surface area contributed by atoms with Crippen LogP contribution in [0.1, 0.15) is 10.4 Å².